The van der Waals surface area contributed by atoms with Crippen molar-refractivity contribution >= 4 is 5.97 Å². The van der Waals surface area contributed by atoms with E-state index in [0.29, 0.717) is 18.9 Å². The van der Waals surface area contributed by atoms with Crippen LogP contribution in [0.5, 0.6) is 0 Å². The van der Waals surface area contributed by atoms with Gasteiger partial charge in [-0.25, -0.2) is 0 Å². The zero-order valence-electron chi connectivity index (χ0n) is 11.2. The Kier molecular flexibility index (Phi) is 8.06. The molecule has 0 amide bonds. The summed E-state index contributed by atoms with van der Waals surface area (Å²) in [6.07, 6.45) is 9.37. The van der Waals surface area contributed by atoms with Gasteiger partial charge in [0, 0.05) is 13.0 Å². The first-order valence-corrected chi connectivity index (χ1v) is 7.19. The predicted molar refractivity (Wildman–Crippen MR) is 69.9 cm³/mol. The second-order valence-corrected chi connectivity index (χ2v) is 5.03. The van der Waals surface area contributed by atoms with Gasteiger partial charge in [0.15, 0.2) is 0 Å². The highest BCUT2D eigenvalue weighted by molar-refractivity contribution is 5.69. The molecule has 3 heteroatoms. The van der Waals surface area contributed by atoms with Gasteiger partial charge in [-0.3, -0.25) is 4.79 Å². The van der Waals surface area contributed by atoms with Crippen LogP contribution in [0, 0.1) is 5.92 Å². The van der Waals surface area contributed by atoms with E-state index in [0.717, 1.165) is 13.1 Å². The average molecular weight is 241 g/mol. The molecule has 1 aliphatic carbocycles. The molecule has 0 unspecified atom stereocenters. The van der Waals surface area contributed by atoms with Gasteiger partial charge in [0.25, 0.3) is 0 Å². The van der Waals surface area contributed by atoms with Crippen molar-refractivity contribution in [2.45, 2.75) is 58.3 Å². The minimum Gasteiger partial charge on any atom is -0.464 e. The van der Waals surface area contributed by atoms with Crippen molar-refractivity contribution in [3.05, 3.63) is 0 Å². The molecule has 0 saturated heterocycles. The lowest BCUT2D eigenvalue weighted by atomic mass is 9.87. The Bertz CT molecular complexity index is 200. The zero-order valence-corrected chi connectivity index (χ0v) is 11.2. The third kappa shape index (κ3) is 7.37. The predicted octanol–water partition coefficient (Wildman–Crippen LogP) is 2.89. The molecule has 0 aromatic heterocycles. The quantitative estimate of drug-likeness (QED) is 0.524. The first kappa shape index (κ1) is 14.5. The Balaban J connectivity index is 1.93. The normalized spacial score (nSPS) is 17.0. The summed E-state index contributed by atoms with van der Waals surface area (Å²) < 4.78 is 5.22. The van der Waals surface area contributed by atoms with Gasteiger partial charge in [-0.1, -0.05) is 32.6 Å². The number of unbranched alkanes of at least 4 members (excludes halogenated alkanes) is 1. The highest BCUT2D eigenvalue weighted by atomic mass is 16.5. The molecule has 1 saturated carbocycles. The van der Waals surface area contributed by atoms with Gasteiger partial charge in [0.05, 0.1) is 0 Å². The van der Waals surface area contributed by atoms with Gasteiger partial charge in [0.1, 0.15) is 6.61 Å². The van der Waals surface area contributed by atoms with E-state index in [1.807, 2.05) is 0 Å². The molecule has 0 bridgehead atoms. The number of rotatable bonds is 8. The number of nitrogens with one attached hydrogen (secondary N) is 1. The molecule has 17 heavy (non-hydrogen) atoms. The fraction of sp³-hybridized carbons (Fsp3) is 0.929. The van der Waals surface area contributed by atoms with Gasteiger partial charge in [-0.2, -0.15) is 0 Å². The van der Waals surface area contributed by atoms with E-state index >= 15 is 0 Å². The molecular weight excluding hydrogens is 214 g/mol. The molecule has 0 radical (unpaired) electrons. The third-order valence-corrected chi connectivity index (χ3v) is 3.43. The summed E-state index contributed by atoms with van der Waals surface area (Å²) in [6, 6.07) is 0. The fourth-order valence-electron chi connectivity index (χ4n) is 2.35. The maximum Gasteiger partial charge on any atom is 0.306 e. The van der Waals surface area contributed by atoms with E-state index in [-0.39, 0.29) is 5.97 Å². The Morgan fingerprint density at radius 1 is 1.24 bits per heavy atom. The van der Waals surface area contributed by atoms with Crippen LogP contribution in [0.25, 0.3) is 0 Å². The number of carbonyl (C=O) groups excluding carboxylic acids is 1. The summed E-state index contributed by atoms with van der Waals surface area (Å²) in [5.41, 5.74) is 0. The molecule has 3 nitrogen and oxygen atoms in total. The van der Waals surface area contributed by atoms with Crippen LogP contribution in [0.15, 0.2) is 0 Å². The Labute approximate surface area is 105 Å². The van der Waals surface area contributed by atoms with Gasteiger partial charge >= 0.3 is 5.97 Å². The van der Waals surface area contributed by atoms with Crippen LogP contribution in [0.1, 0.15) is 58.3 Å². The highest BCUT2D eigenvalue weighted by Crippen LogP contribution is 2.26. The minimum atomic E-state index is -0.00538. The topological polar surface area (TPSA) is 38.3 Å². The standard InChI is InChI=1S/C14H27NO2/c1-2-3-9-15-10-11-17-14(16)12-13-7-5-4-6-8-13/h13,15H,2-12H2,1H3. The maximum absolute atomic E-state index is 11.6. The van der Waals surface area contributed by atoms with Crippen LogP contribution >= 0.6 is 0 Å². The van der Waals surface area contributed by atoms with Crippen LogP contribution in [0.4, 0.5) is 0 Å². The van der Waals surface area contributed by atoms with Crippen molar-refractivity contribution in [2.24, 2.45) is 5.92 Å². The summed E-state index contributed by atoms with van der Waals surface area (Å²) in [6.45, 7) is 4.51. The molecule has 0 heterocycles. The highest BCUT2D eigenvalue weighted by Gasteiger charge is 2.17. The zero-order chi connectivity index (χ0) is 12.3. The molecule has 100 valence electrons. The monoisotopic (exact) mass is 241 g/mol. The van der Waals surface area contributed by atoms with E-state index in [1.165, 1.54) is 44.9 Å². The van der Waals surface area contributed by atoms with E-state index in [2.05, 4.69) is 12.2 Å². The summed E-state index contributed by atoms with van der Waals surface area (Å²) in [7, 11) is 0. The Morgan fingerprint density at radius 3 is 2.71 bits per heavy atom. The second-order valence-electron chi connectivity index (χ2n) is 5.03. The molecule has 0 atom stereocenters. The Hall–Kier alpha value is -0.570. The molecule has 0 aliphatic heterocycles. The van der Waals surface area contributed by atoms with Crippen LogP contribution in [-0.2, 0) is 9.53 Å². The van der Waals surface area contributed by atoms with E-state index < -0.39 is 0 Å². The largest absolute Gasteiger partial charge is 0.464 e. The SMILES string of the molecule is CCCCNCCOC(=O)CC1CCCCC1. The van der Waals surface area contributed by atoms with Crippen molar-refractivity contribution in [1.29, 1.82) is 0 Å². The van der Waals surface area contributed by atoms with Crippen molar-refractivity contribution in [3.63, 3.8) is 0 Å². The lowest BCUT2D eigenvalue weighted by Gasteiger charge is -2.20. The van der Waals surface area contributed by atoms with E-state index in [4.69, 9.17) is 4.74 Å². The molecule has 1 N–H and O–H groups in total. The fourth-order valence-corrected chi connectivity index (χ4v) is 2.35. The van der Waals surface area contributed by atoms with Crippen LogP contribution < -0.4 is 5.32 Å². The second kappa shape index (κ2) is 9.46. The molecule has 1 aliphatic rings. The number of ether oxygens (including phenoxy) is 1. The summed E-state index contributed by atoms with van der Waals surface area (Å²) in [5, 5.41) is 3.27. The van der Waals surface area contributed by atoms with Crippen molar-refractivity contribution in [2.75, 3.05) is 19.7 Å². The lowest BCUT2D eigenvalue weighted by Crippen LogP contribution is -2.23. The molecule has 0 aromatic rings. The summed E-state index contributed by atoms with van der Waals surface area (Å²) in [4.78, 5) is 11.6. The van der Waals surface area contributed by atoms with Gasteiger partial charge < -0.3 is 10.1 Å². The lowest BCUT2D eigenvalue weighted by molar-refractivity contribution is -0.144. The summed E-state index contributed by atoms with van der Waals surface area (Å²) in [5.74, 6) is 0.582. The van der Waals surface area contributed by atoms with Crippen molar-refractivity contribution in [3.8, 4) is 0 Å². The van der Waals surface area contributed by atoms with Crippen LogP contribution in [-0.4, -0.2) is 25.7 Å². The van der Waals surface area contributed by atoms with Crippen LogP contribution in [0.3, 0.4) is 0 Å². The van der Waals surface area contributed by atoms with E-state index in [1.54, 1.807) is 0 Å². The van der Waals surface area contributed by atoms with Crippen molar-refractivity contribution < 1.29 is 9.53 Å². The molecule has 0 aromatic carbocycles. The number of esters is 1. The minimum absolute atomic E-state index is 0.00538. The maximum atomic E-state index is 11.6. The van der Waals surface area contributed by atoms with Gasteiger partial charge in [0.2, 0.25) is 0 Å². The first-order chi connectivity index (χ1) is 8.33. The van der Waals surface area contributed by atoms with Gasteiger partial charge in [-0.15, -0.1) is 0 Å². The number of hydrogen-bond donors (Lipinski definition) is 1. The number of hydrogen-bond acceptors (Lipinski definition) is 3. The molecule has 1 fully saturated rings. The third-order valence-electron chi connectivity index (χ3n) is 3.43. The molecule has 1 rings (SSSR count). The summed E-state index contributed by atoms with van der Waals surface area (Å²) >= 11 is 0. The number of carbonyl (C=O) groups is 1. The molecule has 0 spiro atoms. The van der Waals surface area contributed by atoms with E-state index in [9.17, 15) is 4.79 Å². The van der Waals surface area contributed by atoms with Crippen molar-refractivity contribution in [1.82, 2.24) is 5.32 Å². The smallest absolute Gasteiger partial charge is 0.306 e. The van der Waals surface area contributed by atoms with Gasteiger partial charge in [-0.05, 0) is 31.7 Å². The molecular formula is C14H27NO2. The average Bonchev–Trinajstić information content (AvgIpc) is 2.35. The van der Waals surface area contributed by atoms with Crippen LogP contribution in [0.2, 0.25) is 0 Å². The first-order valence-electron chi connectivity index (χ1n) is 7.19. The Morgan fingerprint density at radius 2 is 2.00 bits per heavy atom.